The van der Waals surface area contributed by atoms with Crippen molar-refractivity contribution >= 4 is 34.9 Å². The fourth-order valence-corrected chi connectivity index (χ4v) is 4.50. The number of nitrogen functional groups attached to an aromatic ring is 1. The fraction of sp³-hybridized carbons (Fsp3) is 0.333. The number of aryl methyl sites for hydroxylation is 1. The molecule has 11 nitrogen and oxygen atoms in total. The average Bonchev–Trinajstić information content (AvgIpc) is 3.51. The molecule has 0 bridgehead atoms. The van der Waals surface area contributed by atoms with Gasteiger partial charge in [0, 0.05) is 12.1 Å². The van der Waals surface area contributed by atoms with Crippen molar-refractivity contribution in [2.24, 2.45) is 5.73 Å². The summed E-state index contributed by atoms with van der Waals surface area (Å²) in [6.45, 7) is 7.32. The van der Waals surface area contributed by atoms with Crippen LogP contribution < -0.4 is 26.3 Å². The molecule has 0 radical (unpaired) electrons. The molecule has 0 saturated heterocycles. The highest BCUT2D eigenvalue weighted by Crippen LogP contribution is 2.35. The Morgan fingerprint density at radius 1 is 1.17 bits per heavy atom. The second-order valence-electron chi connectivity index (χ2n) is 9.35. The summed E-state index contributed by atoms with van der Waals surface area (Å²) in [5.74, 6) is 0.0241. The number of hydrogen-bond acceptors (Lipinski definition) is 9. The number of anilines is 1. The zero-order chi connectivity index (χ0) is 26.2. The molecule has 5 N–H and O–H groups in total. The van der Waals surface area contributed by atoms with Gasteiger partial charge in [0.25, 0.3) is 17.7 Å². The van der Waals surface area contributed by atoms with Gasteiger partial charge in [-0.3, -0.25) is 14.4 Å². The number of amides is 3. The summed E-state index contributed by atoms with van der Waals surface area (Å²) in [4.78, 5) is 40.5. The number of hydrogen-bond donors (Lipinski definition) is 3. The third-order valence-corrected chi connectivity index (χ3v) is 6.15. The molecule has 3 heterocycles. The zero-order valence-corrected chi connectivity index (χ0v) is 21.1. The van der Waals surface area contributed by atoms with Gasteiger partial charge in [-0.05, 0) is 69.1 Å². The maximum absolute atomic E-state index is 13.9. The lowest BCUT2D eigenvalue weighted by Gasteiger charge is -2.32. The molecule has 0 fully saturated rings. The number of carbonyl (C=O) groups is 3. The van der Waals surface area contributed by atoms with E-state index in [1.54, 1.807) is 37.3 Å². The quantitative estimate of drug-likeness (QED) is 0.434. The van der Waals surface area contributed by atoms with E-state index in [-0.39, 0.29) is 35.4 Å². The Morgan fingerprint density at radius 2 is 1.89 bits per heavy atom. The van der Waals surface area contributed by atoms with Gasteiger partial charge in [-0.1, -0.05) is 6.07 Å². The van der Waals surface area contributed by atoms with Crippen LogP contribution in [0.25, 0.3) is 0 Å². The summed E-state index contributed by atoms with van der Waals surface area (Å²) >= 11 is 0.740. The van der Waals surface area contributed by atoms with Gasteiger partial charge in [0.15, 0.2) is 23.2 Å². The Kier molecular flexibility index (Phi) is 6.63. The Balaban J connectivity index is 1.81. The molecule has 4 rings (SSSR count). The van der Waals surface area contributed by atoms with Gasteiger partial charge in [-0.2, -0.15) is 4.37 Å². The highest BCUT2D eigenvalue weighted by atomic mass is 32.1. The minimum absolute atomic E-state index is 0.0126. The molecule has 1 atom stereocenters. The van der Waals surface area contributed by atoms with E-state index in [0.29, 0.717) is 22.8 Å². The van der Waals surface area contributed by atoms with E-state index in [9.17, 15) is 14.4 Å². The molecule has 1 aromatic carbocycles. The first-order chi connectivity index (χ1) is 16.9. The van der Waals surface area contributed by atoms with Crippen LogP contribution in [0.3, 0.4) is 0 Å². The van der Waals surface area contributed by atoms with E-state index in [0.717, 1.165) is 11.5 Å². The van der Waals surface area contributed by atoms with E-state index in [1.165, 1.54) is 4.90 Å². The second-order valence-corrected chi connectivity index (χ2v) is 10.1. The highest BCUT2D eigenvalue weighted by molar-refractivity contribution is 7.09. The highest BCUT2D eigenvalue weighted by Gasteiger charge is 2.38. The van der Waals surface area contributed by atoms with Crippen molar-refractivity contribution in [3.63, 3.8) is 0 Å². The standard InChI is InChI=1S/C24H27N5O6S/c1-12-5-7-15(35-12)19(22(31)27-24(2,3)4)29(10-13-6-8-14-16(9-13)34-11-33-14)23(32)20-17(25)18(21(26)30)28-36-20/h5-9,19H,10-11,25H2,1-4H3,(H2,26,30)(H,27,31). The molecule has 12 heteroatoms. The van der Waals surface area contributed by atoms with E-state index >= 15 is 0 Å². The molecular weight excluding hydrogens is 486 g/mol. The minimum atomic E-state index is -1.16. The van der Waals surface area contributed by atoms with Crippen molar-refractivity contribution in [2.75, 3.05) is 12.5 Å². The lowest BCUT2D eigenvalue weighted by molar-refractivity contribution is -0.128. The molecule has 1 unspecified atom stereocenters. The van der Waals surface area contributed by atoms with Crippen molar-refractivity contribution < 1.29 is 28.3 Å². The van der Waals surface area contributed by atoms with Crippen LogP contribution in [0.4, 0.5) is 5.69 Å². The number of nitrogens with two attached hydrogens (primary N) is 2. The first-order valence-electron chi connectivity index (χ1n) is 11.1. The normalized spacial score (nSPS) is 13.3. The van der Waals surface area contributed by atoms with Gasteiger partial charge in [0.1, 0.15) is 16.4 Å². The number of furan rings is 1. The largest absolute Gasteiger partial charge is 0.464 e. The Labute approximate surface area is 211 Å². The number of ether oxygens (including phenoxy) is 2. The van der Waals surface area contributed by atoms with E-state index < -0.39 is 29.3 Å². The van der Waals surface area contributed by atoms with Crippen molar-refractivity contribution in [2.45, 2.75) is 45.8 Å². The molecule has 190 valence electrons. The van der Waals surface area contributed by atoms with Crippen LogP contribution in [-0.2, 0) is 11.3 Å². The van der Waals surface area contributed by atoms with Crippen LogP contribution in [0, 0.1) is 6.92 Å². The van der Waals surface area contributed by atoms with E-state index in [2.05, 4.69) is 9.69 Å². The lowest BCUT2D eigenvalue weighted by atomic mass is 10.0. The lowest BCUT2D eigenvalue weighted by Crippen LogP contribution is -2.49. The Morgan fingerprint density at radius 3 is 2.50 bits per heavy atom. The van der Waals surface area contributed by atoms with Crippen LogP contribution in [0.15, 0.2) is 34.7 Å². The molecular formula is C24H27N5O6S. The molecule has 0 saturated carbocycles. The number of fused-ring (bicyclic) bond motifs is 1. The maximum Gasteiger partial charge on any atom is 0.270 e. The Bertz CT molecular complexity index is 1320. The molecule has 2 aromatic heterocycles. The number of primary amides is 1. The summed E-state index contributed by atoms with van der Waals surface area (Å²) in [6, 6.07) is 7.43. The van der Waals surface area contributed by atoms with Crippen molar-refractivity contribution in [1.29, 1.82) is 0 Å². The van der Waals surface area contributed by atoms with Crippen LogP contribution in [-0.4, -0.2) is 39.3 Å². The summed E-state index contributed by atoms with van der Waals surface area (Å²) in [5, 5.41) is 2.92. The van der Waals surface area contributed by atoms with Crippen LogP contribution in [0.2, 0.25) is 0 Å². The molecule has 36 heavy (non-hydrogen) atoms. The number of carbonyl (C=O) groups excluding carboxylic acids is 3. The summed E-state index contributed by atoms with van der Waals surface area (Å²) in [7, 11) is 0. The van der Waals surface area contributed by atoms with Crippen LogP contribution in [0.1, 0.15) is 64.1 Å². The van der Waals surface area contributed by atoms with Crippen molar-refractivity contribution in [3.8, 4) is 11.5 Å². The number of nitrogens with zero attached hydrogens (tertiary/aromatic N) is 2. The number of aromatic nitrogens is 1. The fourth-order valence-electron chi connectivity index (χ4n) is 3.74. The zero-order valence-electron chi connectivity index (χ0n) is 20.3. The van der Waals surface area contributed by atoms with E-state index in [1.807, 2.05) is 20.8 Å². The first kappa shape index (κ1) is 25.0. The number of nitrogens with one attached hydrogen (secondary N) is 1. The third-order valence-electron chi connectivity index (χ3n) is 5.30. The monoisotopic (exact) mass is 513 g/mol. The van der Waals surface area contributed by atoms with Gasteiger partial charge < -0.3 is 35.6 Å². The average molecular weight is 514 g/mol. The molecule has 1 aliphatic heterocycles. The van der Waals surface area contributed by atoms with Gasteiger partial charge in [-0.15, -0.1) is 0 Å². The predicted octanol–water partition coefficient (Wildman–Crippen LogP) is 2.75. The molecule has 0 spiro atoms. The minimum Gasteiger partial charge on any atom is -0.464 e. The maximum atomic E-state index is 13.9. The Hall–Kier alpha value is -4.06. The smallest absolute Gasteiger partial charge is 0.270 e. The topological polar surface area (TPSA) is 163 Å². The van der Waals surface area contributed by atoms with Gasteiger partial charge in [0.2, 0.25) is 6.79 Å². The van der Waals surface area contributed by atoms with E-state index in [4.69, 9.17) is 25.4 Å². The number of rotatable bonds is 7. The third kappa shape index (κ3) is 5.13. The SMILES string of the molecule is Cc1ccc(C(C(=O)NC(C)(C)C)N(Cc2ccc3c(c2)OCO3)C(=O)c2snc(C(N)=O)c2N)o1. The van der Waals surface area contributed by atoms with Crippen LogP contribution >= 0.6 is 11.5 Å². The van der Waals surface area contributed by atoms with Crippen molar-refractivity contribution in [3.05, 3.63) is 58.0 Å². The molecule has 3 amide bonds. The summed E-state index contributed by atoms with van der Waals surface area (Å²) < 4.78 is 20.6. The summed E-state index contributed by atoms with van der Waals surface area (Å²) in [5.41, 5.74) is 11.2. The second kappa shape index (κ2) is 9.53. The molecule has 3 aromatic rings. The summed E-state index contributed by atoms with van der Waals surface area (Å²) in [6.07, 6.45) is 0. The van der Waals surface area contributed by atoms with Gasteiger partial charge >= 0.3 is 0 Å². The van der Waals surface area contributed by atoms with Gasteiger partial charge in [0.05, 0.1) is 5.69 Å². The van der Waals surface area contributed by atoms with Crippen molar-refractivity contribution in [1.82, 2.24) is 14.6 Å². The van der Waals surface area contributed by atoms with Gasteiger partial charge in [-0.25, -0.2) is 0 Å². The molecule has 0 aliphatic carbocycles. The predicted molar refractivity (Wildman–Crippen MR) is 132 cm³/mol. The number of benzene rings is 1. The molecule has 1 aliphatic rings. The van der Waals surface area contributed by atoms with Crippen LogP contribution in [0.5, 0.6) is 11.5 Å². The first-order valence-corrected chi connectivity index (χ1v) is 11.8.